The van der Waals surface area contributed by atoms with Gasteiger partial charge in [-0.05, 0) is 129 Å². The Morgan fingerprint density at radius 3 is 1.78 bits per heavy atom. The van der Waals surface area contributed by atoms with Crippen LogP contribution in [0.25, 0.3) is 10.9 Å². The van der Waals surface area contributed by atoms with E-state index in [1.165, 1.54) is 31.2 Å². The average molecular weight is 1590 g/mol. The third kappa shape index (κ3) is 26.9. The highest BCUT2D eigenvalue weighted by molar-refractivity contribution is 8.76. The van der Waals surface area contributed by atoms with Gasteiger partial charge >= 0.3 is 5.97 Å². The zero-order valence-corrected chi connectivity index (χ0v) is 67.1. The van der Waals surface area contributed by atoms with Crippen LogP contribution in [-0.4, -0.2) is 203 Å². The molecule has 0 saturated carbocycles. The number of fused-ring (bicyclic) bond motifs is 1. The Kier molecular flexibility index (Phi) is 33.6. The summed E-state index contributed by atoms with van der Waals surface area (Å²) in [4.78, 5) is 174. The monoisotopic (exact) mass is 1590 g/mol. The van der Waals surface area contributed by atoms with E-state index in [1.807, 2.05) is 55.4 Å². The number of para-hydroxylation sites is 1. The molecule has 2 heterocycles. The molecule has 3 aliphatic rings. The van der Waals surface area contributed by atoms with Crippen molar-refractivity contribution in [1.29, 1.82) is 0 Å². The number of nitrogens with two attached hydrogens (primary N) is 1. The second kappa shape index (κ2) is 41.9. The first-order chi connectivity index (χ1) is 52.9. The number of rotatable bonds is 31. The normalized spacial score (nSPS) is 22.2. The Hall–Kier alpha value is -9.43. The number of allylic oxidation sites excluding steroid dienone is 4. The minimum Gasteiger partial charge on any atom is -0.511 e. The maximum absolute atomic E-state index is 15.6. The van der Waals surface area contributed by atoms with E-state index in [0.29, 0.717) is 52.6 Å². The lowest BCUT2D eigenvalue weighted by molar-refractivity contribution is -0.145. The summed E-state index contributed by atoms with van der Waals surface area (Å²) >= 11 is 0. The maximum Gasteiger partial charge on any atom is 0.328 e. The number of aliphatic hydroxyl groups excluding tert-OH is 4. The van der Waals surface area contributed by atoms with Crippen molar-refractivity contribution in [2.75, 3.05) is 24.6 Å². The number of phenols is 1. The van der Waals surface area contributed by atoms with Crippen LogP contribution in [0.1, 0.15) is 163 Å². The molecule has 1 fully saturated rings. The molecule has 0 bridgehead atoms. The van der Waals surface area contributed by atoms with Gasteiger partial charge in [-0.25, -0.2) is 4.79 Å². The van der Waals surface area contributed by atoms with Gasteiger partial charge in [-0.3, -0.25) is 57.9 Å². The van der Waals surface area contributed by atoms with E-state index < -0.39 is 142 Å². The molecule has 112 heavy (non-hydrogen) atoms. The number of amides is 8. The molecule has 3 aromatic carbocycles. The van der Waals surface area contributed by atoms with Crippen LogP contribution in [0.2, 0.25) is 0 Å². The van der Waals surface area contributed by atoms with Crippen LogP contribution < -0.4 is 48.3 Å². The number of H-pyrrole nitrogens is 1. The Balaban J connectivity index is 1.33. The number of aliphatic imine (C=N–C) groups is 2. The van der Waals surface area contributed by atoms with Gasteiger partial charge in [0, 0.05) is 85.8 Å². The van der Waals surface area contributed by atoms with Crippen molar-refractivity contribution in [3.8, 4) is 5.75 Å². The van der Waals surface area contributed by atoms with Crippen molar-refractivity contribution in [2.24, 2.45) is 38.4 Å². The maximum atomic E-state index is 15.6. The number of nitrogens with zero attached hydrogens (tertiary/aromatic N) is 2. The van der Waals surface area contributed by atoms with E-state index in [0.717, 1.165) is 28.5 Å². The summed E-state index contributed by atoms with van der Waals surface area (Å²) in [6.07, 6.45) is -0.0555. The summed E-state index contributed by atoms with van der Waals surface area (Å²) in [6, 6.07) is 6.69. The SMILES string of the molecule is CC(C)CC(=NCCCC[C@@H]1NC(=O)[C@H](Cc2c[nH]c3ccccc23)NC(=O)[C@H](Cc2ccc(O)cc2)NC(=O)[C@@H](NC(=O)[C@@H](Cc2ccccc2)NC(=O)[C@H](CCCCN)N=C(CC(C)C)C2=C(O)CC(C)(C)CC2=O)CSSC[C@@H](C(=O)N[C@H](C(=O)O)[C@@H](C)O)NC(=O)[C@@H]([C@@H](C)O)NC1=O)C1=C(O)CC(C)(C)CC1=O. The third-order valence-corrected chi connectivity index (χ3v) is 21.9. The number of carbonyl (C=O) groups excluding carboxylic acids is 10. The second-order valence-corrected chi connectivity index (χ2v) is 34.3. The summed E-state index contributed by atoms with van der Waals surface area (Å²) in [7, 11) is 1.69. The molecule has 29 nitrogen and oxygen atoms in total. The smallest absolute Gasteiger partial charge is 0.328 e. The second-order valence-electron chi connectivity index (χ2n) is 31.8. The minimum absolute atomic E-state index is 0.0290. The molecule has 4 aromatic rings. The van der Waals surface area contributed by atoms with Crippen molar-refractivity contribution in [1.82, 2.24) is 47.5 Å². The van der Waals surface area contributed by atoms with Crippen molar-refractivity contribution in [2.45, 2.75) is 232 Å². The molecule has 0 radical (unpaired) electrons. The standard InChI is InChI=1S/C81H112N12O17S2/c1-44(2)32-56(67-63(97)37-80(7,8)38-64(67)98)83-31-19-17-25-55-72(102)92-69(46(5)94)78(108)91-62(77(107)93-70(47(6)95)79(109)110)43-112-111-42-61(76(106)88-59(35-49-26-28-51(96)29-27-49)73(103)89-60(75(105)86-55)36-50-41-84-53-23-15-14-22-52(50)53)90-74(104)58(34-48-20-12-11-13-21-48)87-71(101)54(24-16-18-30-82)85-57(33-45(3)4)68-65(99)39-81(9,10)40-66(68)100/h11-15,20-23,26-29,41,44-47,54-55,58-62,69-70,84,94-97,99H,16-19,24-25,30-40,42-43,82H2,1-10H3,(H,86,105)(H,87,101)(H,88,106)(H,89,103)(H,90,104)(H,91,108)(H,92,102)(H,93,107)(H,109,110)/t46-,47-,54+,55+,58-,59+,60+,61+,62+,69-,70+/m1/s1. The molecule has 8 amide bonds. The lowest BCUT2D eigenvalue weighted by Crippen LogP contribution is -2.62. The Morgan fingerprint density at radius 2 is 1.18 bits per heavy atom. The number of unbranched alkanes of at least 4 members (excludes halogenated alkanes) is 2. The molecule has 1 saturated heterocycles. The van der Waals surface area contributed by atoms with Crippen molar-refractivity contribution >= 4 is 109 Å². The number of benzene rings is 3. The minimum atomic E-state index is -1.92. The van der Waals surface area contributed by atoms with Crippen LogP contribution in [0.5, 0.6) is 5.75 Å². The van der Waals surface area contributed by atoms with E-state index in [-0.39, 0.29) is 148 Å². The summed E-state index contributed by atoms with van der Waals surface area (Å²) in [5.74, 6) is -11.5. The fraction of sp³-hybridized carbons (Fsp3) is 0.543. The van der Waals surface area contributed by atoms with Gasteiger partial charge in [-0.15, -0.1) is 0 Å². The number of ketones is 2. The van der Waals surface area contributed by atoms with E-state index in [2.05, 4.69) is 47.5 Å². The molecule has 1 aliphatic heterocycles. The van der Waals surface area contributed by atoms with E-state index in [1.54, 1.807) is 60.8 Å². The summed E-state index contributed by atoms with van der Waals surface area (Å²) in [6.45, 7) is 17.8. The van der Waals surface area contributed by atoms with Gasteiger partial charge in [-0.2, -0.15) is 0 Å². The van der Waals surface area contributed by atoms with Crippen molar-refractivity contribution < 1.29 is 83.4 Å². The first kappa shape index (κ1) is 89.8. The highest BCUT2D eigenvalue weighted by atomic mass is 33.1. The Labute approximate surface area is 661 Å². The number of carboxylic acid groups (broad SMARTS) is 1. The van der Waals surface area contributed by atoms with E-state index in [4.69, 9.17) is 15.7 Å². The van der Waals surface area contributed by atoms with Gasteiger partial charge in [0.1, 0.15) is 65.6 Å². The molecule has 7 rings (SSSR count). The number of hydrogen-bond donors (Lipinski definition) is 16. The number of carbonyl (C=O) groups is 11. The summed E-state index contributed by atoms with van der Waals surface area (Å²) < 4.78 is 0. The topological polar surface area (TPSA) is 472 Å². The number of phenolic OH excluding ortho intramolecular Hbond substituents is 1. The van der Waals surface area contributed by atoms with Crippen LogP contribution >= 0.6 is 21.6 Å². The van der Waals surface area contributed by atoms with Crippen LogP contribution in [0.3, 0.4) is 0 Å². The molecule has 1 aromatic heterocycles. The van der Waals surface area contributed by atoms with Gasteiger partial charge in [0.2, 0.25) is 47.3 Å². The Morgan fingerprint density at radius 1 is 0.607 bits per heavy atom. The third-order valence-electron chi connectivity index (χ3n) is 19.5. The molecule has 2 aliphatic carbocycles. The fourth-order valence-corrected chi connectivity index (χ4v) is 16.0. The number of aromatic nitrogens is 1. The number of hydrogen-bond acceptors (Lipinski definition) is 21. The van der Waals surface area contributed by atoms with Crippen LogP contribution in [0.4, 0.5) is 0 Å². The number of carboxylic acids is 1. The van der Waals surface area contributed by atoms with Crippen molar-refractivity contribution in [3.63, 3.8) is 0 Å². The number of nitrogens with one attached hydrogen (secondary N) is 9. The van der Waals surface area contributed by atoms with Crippen LogP contribution in [-0.2, 0) is 72.0 Å². The largest absolute Gasteiger partial charge is 0.511 e. The molecule has 31 heteroatoms. The number of aromatic amines is 1. The molecule has 0 spiro atoms. The van der Waals surface area contributed by atoms with Crippen molar-refractivity contribution in [3.05, 3.63) is 124 Å². The zero-order chi connectivity index (χ0) is 82.3. The molecule has 0 unspecified atom stereocenters. The fourth-order valence-electron chi connectivity index (χ4n) is 13.7. The number of aromatic hydroxyl groups is 1. The molecular formula is C81H112N12O17S2. The van der Waals surface area contributed by atoms with Crippen LogP contribution in [0.15, 0.2) is 118 Å². The zero-order valence-electron chi connectivity index (χ0n) is 65.5. The van der Waals surface area contributed by atoms with Gasteiger partial charge < -0.3 is 83.9 Å². The Bertz CT molecular complexity index is 4130. The molecular weight excluding hydrogens is 1480 g/mol. The van der Waals surface area contributed by atoms with Gasteiger partial charge in [-0.1, -0.05) is 138 Å². The first-order valence-corrected chi connectivity index (χ1v) is 40.8. The van der Waals surface area contributed by atoms with E-state index in [9.17, 15) is 54.6 Å². The lowest BCUT2D eigenvalue weighted by atomic mass is 9.75. The predicted molar refractivity (Wildman–Crippen MR) is 430 cm³/mol. The molecule has 610 valence electrons. The molecule has 17 N–H and O–H groups in total. The van der Waals surface area contributed by atoms with Gasteiger partial charge in [0.15, 0.2) is 17.6 Å². The quantitative estimate of drug-likeness (QED) is 0.0154. The highest BCUT2D eigenvalue weighted by Crippen LogP contribution is 2.39. The predicted octanol–water partition coefficient (Wildman–Crippen LogP) is 6.07. The van der Waals surface area contributed by atoms with Gasteiger partial charge in [0.25, 0.3) is 0 Å². The summed E-state index contributed by atoms with van der Waals surface area (Å²) in [5.41, 5.74) is 7.91. The number of aliphatic carboxylic acids is 1. The number of aliphatic hydroxyl groups is 4. The number of Topliss-reactive ketones (excluding diaryl/α,β-unsaturated/α-hetero) is 2. The first-order valence-electron chi connectivity index (χ1n) is 38.3. The highest BCUT2D eigenvalue weighted by Gasteiger charge is 2.41. The van der Waals surface area contributed by atoms with Gasteiger partial charge in [0.05, 0.1) is 29.1 Å². The lowest BCUT2D eigenvalue weighted by Gasteiger charge is -2.31. The van der Waals surface area contributed by atoms with Crippen LogP contribution in [0, 0.1) is 22.7 Å². The molecule has 11 atom stereocenters. The average Bonchev–Trinajstić information content (AvgIpc) is 0.986. The van der Waals surface area contributed by atoms with E-state index >= 15 is 28.8 Å². The summed E-state index contributed by atoms with van der Waals surface area (Å²) in [5, 5.41) is 87.1.